The van der Waals surface area contributed by atoms with Crippen LogP contribution >= 0.6 is 11.8 Å². The molecule has 0 spiro atoms. The van der Waals surface area contributed by atoms with Gasteiger partial charge in [-0.15, -0.1) is 11.8 Å². The molecule has 0 amide bonds. The number of carbonyl (C=O) groups is 1. The summed E-state index contributed by atoms with van der Waals surface area (Å²) in [7, 11) is 4.32. The predicted molar refractivity (Wildman–Crippen MR) is 167 cm³/mol. The number of hydrogen-bond donors (Lipinski definition) is 0. The van der Waals surface area contributed by atoms with E-state index in [1.54, 1.807) is 0 Å². The Kier molecular flexibility index (Phi) is 29.6. The molecule has 0 atom stereocenters. The van der Waals surface area contributed by atoms with Gasteiger partial charge in [-0.1, -0.05) is 109 Å². The number of unbranched alkanes of at least 4 members (excludes halogenated alkanes) is 15. The summed E-state index contributed by atoms with van der Waals surface area (Å²) in [6.45, 7) is 8.60. The third-order valence-corrected chi connectivity index (χ3v) is 7.89. The second-order valence-electron chi connectivity index (χ2n) is 11.0. The van der Waals surface area contributed by atoms with E-state index in [0.29, 0.717) is 13.0 Å². The number of esters is 1. The van der Waals surface area contributed by atoms with E-state index in [2.05, 4.69) is 55.6 Å². The summed E-state index contributed by atoms with van der Waals surface area (Å²) in [5.41, 5.74) is 0. The van der Waals surface area contributed by atoms with Crippen molar-refractivity contribution in [3.8, 4) is 0 Å². The Bertz CT molecular complexity index is 499. The summed E-state index contributed by atoms with van der Waals surface area (Å²) in [6, 6.07) is 0. The maximum atomic E-state index is 11.9. The Morgan fingerprint density at radius 2 is 1.22 bits per heavy atom. The minimum absolute atomic E-state index is 0.0399. The van der Waals surface area contributed by atoms with Gasteiger partial charge in [-0.25, -0.2) is 0 Å². The van der Waals surface area contributed by atoms with Crippen LogP contribution in [-0.4, -0.2) is 67.7 Å². The van der Waals surface area contributed by atoms with E-state index < -0.39 is 0 Å². The molecular weight excluding hydrogens is 476 g/mol. The Labute approximate surface area is 236 Å². The number of nitrogens with zero attached hydrogens (tertiary/aromatic N) is 2. The zero-order valence-electron chi connectivity index (χ0n) is 25.5. The summed E-state index contributed by atoms with van der Waals surface area (Å²) in [5, 5.41) is 0. The van der Waals surface area contributed by atoms with Crippen molar-refractivity contribution in [3.05, 3.63) is 12.2 Å². The van der Waals surface area contributed by atoms with Crippen molar-refractivity contribution in [2.24, 2.45) is 0 Å². The van der Waals surface area contributed by atoms with Crippen LogP contribution in [0.3, 0.4) is 0 Å². The molecular formula is C32H64N2O2S. The Hall–Kier alpha value is -0.520. The Morgan fingerprint density at radius 1 is 0.676 bits per heavy atom. The van der Waals surface area contributed by atoms with Gasteiger partial charge in [0.1, 0.15) is 6.61 Å². The fraction of sp³-hybridized carbons (Fsp3) is 0.906. The van der Waals surface area contributed by atoms with E-state index in [0.717, 1.165) is 25.8 Å². The van der Waals surface area contributed by atoms with Gasteiger partial charge in [0.15, 0.2) is 0 Å². The topological polar surface area (TPSA) is 32.8 Å². The molecule has 0 aliphatic carbocycles. The number of allylic oxidation sites excluding steroid dienone is 1. The van der Waals surface area contributed by atoms with Gasteiger partial charge in [0, 0.05) is 24.6 Å². The van der Waals surface area contributed by atoms with Gasteiger partial charge < -0.3 is 9.64 Å². The second kappa shape index (κ2) is 30.0. The fourth-order valence-corrected chi connectivity index (χ4v) is 5.51. The van der Waals surface area contributed by atoms with Crippen LogP contribution in [-0.2, 0) is 9.53 Å². The molecule has 0 N–H and O–H groups in total. The van der Waals surface area contributed by atoms with Crippen molar-refractivity contribution in [2.75, 3.05) is 52.0 Å². The normalized spacial score (nSPS) is 11.8. The molecule has 0 aliphatic rings. The van der Waals surface area contributed by atoms with Crippen molar-refractivity contribution in [1.82, 2.24) is 9.80 Å². The van der Waals surface area contributed by atoms with Crippen LogP contribution < -0.4 is 0 Å². The lowest BCUT2D eigenvalue weighted by atomic mass is 10.1. The molecule has 5 heteroatoms. The zero-order chi connectivity index (χ0) is 27.2. The van der Waals surface area contributed by atoms with Crippen LogP contribution in [0.15, 0.2) is 12.2 Å². The average Bonchev–Trinajstić information content (AvgIpc) is 2.88. The molecule has 0 aromatic heterocycles. The van der Waals surface area contributed by atoms with E-state index in [4.69, 9.17) is 4.74 Å². The SMILES string of the molecule is CCCCCC/C=C\COC(=O)CCCCCCCN(CCCCCCCCCC)CSCCN(C)C. The van der Waals surface area contributed by atoms with Crippen molar-refractivity contribution in [1.29, 1.82) is 0 Å². The van der Waals surface area contributed by atoms with E-state index >= 15 is 0 Å². The van der Waals surface area contributed by atoms with Gasteiger partial charge in [-0.05, 0) is 59.3 Å². The molecule has 0 fully saturated rings. The largest absolute Gasteiger partial charge is 0.461 e. The van der Waals surface area contributed by atoms with Gasteiger partial charge in [0.05, 0.1) is 0 Å². The average molecular weight is 541 g/mol. The minimum Gasteiger partial charge on any atom is -0.461 e. The Morgan fingerprint density at radius 3 is 1.81 bits per heavy atom. The molecule has 0 rings (SSSR count). The highest BCUT2D eigenvalue weighted by atomic mass is 32.2. The molecule has 37 heavy (non-hydrogen) atoms. The maximum absolute atomic E-state index is 11.9. The third-order valence-electron chi connectivity index (χ3n) is 6.87. The molecule has 0 unspecified atom stereocenters. The van der Waals surface area contributed by atoms with Crippen LogP contribution in [0.5, 0.6) is 0 Å². The second-order valence-corrected chi connectivity index (χ2v) is 12.0. The van der Waals surface area contributed by atoms with E-state index in [1.165, 1.54) is 121 Å². The quantitative estimate of drug-likeness (QED) is 0.0409. The lowest BCUT2D eigenvalue weighted by Gasteiger charge is -2.22. The number of hydrogen-bond acceptors (Lipinski definition) is 5. The van der Waals surface area contributed by atoms with E-state index in [-0.39, 0.29) is 5.97 Å². The molecule has 220 valence electrons. The standard InChI is InChI=1S/C32H64N2O2S/c1-5-7-9-11-13-14-18-22-26-34(31-37-30-28-33(3)4)27-23-19-16-17-21-25-32(35)36-29-24-20-15-12-10-8-6-2/h20,24H,5-19,21-23,25-31H2,1-4H3/b24-20-. The lowest BCUT2D eigenvalue weighted by Crippen LogP contribution is -2.26. The summed E-state index contributed by atoms with van der Waals surface area (Å²) in [4.78, 5) is 16.9. The minimum atomic E-state index is -0.0399. The van der Waals surface area contributed by atoms with Crippen LogP contribution in [0, 0.1) is 0 Å². The smallest absolute Gasteiger partial charge is 0.306 e. The van der Waals surface area contributed by atoms with Gasteiger partial charge in [0.2, 0.25) is 0 Å². The molecule has 0 aliphatic heterocycles. The number of rotatable bonds is 29. The van der Waals surface area contributed by atoms with Crippen LogP contribution in [0.2, 0.25) is 0 Å². The first-order chi connectivity index (χ1) is 18.1. The van der Waals surface area contributed by atoms with Gasteiger partial charge >= 0.3 is 5.97 Å². The first kappa shape index (κ1) is 36.5. The third kappa shape index (κ3) is 29.9. The van der Waals surface area contributed by atoms with Gasteiger partial charge in [0.25, 0.3) is 0 Å². The molecule has 0 heterocycles. The van der Waals surface area contributed by atoms with Crippen molar-refractivity contribution >= 4 is 17.7 Å². The first-order valence-electron chi connectivity index (χ1n) is 15.9. The maximum Gasteiger partial charge on any atom is 0.306 e. The number of thioether (sulfide) groups is 1. The van der Waals surface area contributed by atoms with E-state index in [1.807, 2.05) is 6.08 Å². The van der Waals surface area contributed by atoms with Crippen LogP contribution in [0.25, 0.3) is 0 Å². The lowest BCUT2D eigenvalue weighted by molar-refractivity contribution is -0.142. The molecule has 0 saturated heterocycles. The highest BCUT2D eigenvalue weighted by Crippen LogP contribution is 2.13. The molecule has 4 nitrogen and oxygen atoms in total. The first-order valence-corrected chi connectivity index (χ1v) is 17.0. The molecule has 0 bridgehead atoms. The molecule has 0 radical (unpaired) electrons. The highest BCUT2D eigenvalue weighted by molar-refractivity contribution is 7.99. The predicted octanol–water partition coefficient (Wildman–Crippen LogP) is 9.09. The van der Waals surface area contributed by atoms with E-state index in [9.17, 15) is 4.79 Å². The number of carbonyl (C=O) groups excluding carboxylic acids is 1. The van der Waals surface area contributed by atoms with Crippen molar-refractivity contribution in [2.45, 2.75) is 136 Å². The van der Waals surface area contributed by atoms with Gasteiger partial charge in [-0.2, -0.15) is 0 Å². The summed E-state index contributed by atoms with van der Waals surface area (Å²) in [6.07, 6.45) is 28.0. The monoisotopic (exact) mass is 540 g/mol. The molecule has 0 saturated carbocycles. The zero-order valence-corrected chi connectivity index (χ0v) is 26.3. The summed E-state index contributed by atoms with van der Waals surface area (Å²) in [5.74, 6) is 2.34. The fourth-order valence-electron chi connectivity index (χ4n) is 4.37. The van der Waals surface area contributed by atoms with Crippen molar-refractivity contribution < 1.29 is 9.53 Å². The summed E-state index contributed by atoms with van der Waals surface area (Å²) < 4.78 is 5.33. The number of ether oxygens (including phenoxy) is 1. The Balaban J connectivity index is 3.83. The van der Waals surface area contributed by atoms with Crippen molar-refractivity contribution in [3.63, 3.8) is 0 Å². The van der Waals surface area contributed by atoms with Crippen LogP contribution in [0.4, 0.5) is 0 Å². The van der Waals surface area contributed by atoms with Gasteiger partial charge in [-0.3, -0.25) is 9.69 Å². The highest BCUT2D eigenvalue weighted by Gasteiger charge is 2.06. The molecule has 0 aromatic rings. The molecule has 0 aromatic carbocycles. The van der Waals surface area contributed by atoms with Crippen LogP contribution in [0.1, 0.15) is 136 Å². The summed E-state index contributed by atoms with van der Waals surface area (Å²) >= 11 is 2.08.